The molecule has 0 radical (unpaired) electrons. The average Bonchev–Trinajstić information content (AvgIpc) is 2.94. The number of carbonyl (C=O) groups is 2. The maximum absolute atomic E-state index is 12.4. The maximum atomic E-state index is 12.4. The molecule has 0 fully saturated rings. The highest BCUT2D eigenvalue weighted by Crippen LogP contribution is 2.17. The van der Waals surface area contributed by atoms with Crippen LogP contribution in [-0.2, 0) is 6.61 Å². The Morgan fingerprint density at radius 3 is 1.97 bits per heavy atom. The van der Waals surface area contributed by atoms with Gasteiger partial charge in [0.05, 0.1) is 18.4 Å². The van der Waals surface area contributed by atoms with E-state index in [2.05, 4.69) is 10.5 Å². The Morgan fingerprint density at radius 1 is 0.763 bits per heavy atom. The summed E-state index contributed by atoms with van der Waals surface area (Å²) in [6.07, 6.45) is 1.50. The number of ether oxygens (including phenoxy) is 3. The highest BCUT2D eigenvalue weighted by Gasteiger charge is 2.09. The lowest BCUT2D eigenvalue weighted by molar-refractivity contribution is 0.0734. The van der Waals surface area contributed by atoms with E-state index in [9.17, 15) is 9.59 Å². The van der Waals surface area contributed by atoms with E-state index in [4.69, 9.17) is 25.8 Å². The molecule has 0 unspecified atom stereocenters. The quantitative estimate of drug-likeness (QED) is 0.113. The molecular weight excluding hydrogens is 504 g/mol. The fraction of sp³-hybridized carbons (Fsp3) is 0.100. The van der Waals surface area contributed by atoms with E-state index < -0.39 is 5.97 Å². The molecule has 38 heavy (non-hydrogen) atoms. The molecule has 0 saturated carbocycles. The van der Waals surface area contributed by atoms with Crippen molar-refractivity contribution in [1.29, 1.82) is 0 Å². The normalized spacial score (nSPS) is 10.7. The van der Waals surface area contributed by atoms with Gasteiger partial charge in [-0.3, -0.25) is 4.79 Å². The van der Waals surface area contributed by atoms with Crippen molar-refractivity contribution in [3.63, 3.8) is 0 Å². The summed E-state index contributed by atoms with van der Waals surface area (Å²) in [4.78, 5) is 24.7. The van der Waals surface area contributed by atoms with Crippen LogP contribution in [0.25, 0.3) is 0 Å². The zero-order chi connectivity index (χ0) is 26.7. The predicted octanol–water partition coefficient (Wildman–Crippen LogP) is 6.30. The van der Waals surface area contributed by atoms with Gasteiger partial charge in [0.25, 0.3) is 5.91 Å². The number of benzene rings is 4. The minimum absolute atomic E-state index is 0.355. The van der Waals surface area contributed by atoms with Crippen LogP contribution < -0.4 is 19.6 Å². The van der Waals surface area contributed by atoms with Crippen LogP contribution in [-0.4, -0.2) is 24.7 Å². The zero-order valence-electron chi connectivity index (χ0n) is 20.6. The molecule has 4 rings (SSSR count). The number of hydrogen-bond donors (Lipinski definition) is 1. The molecule has 0 heterocycles. The third kappa shape index (κ3) is 7.69. The smallest absolute Gasteiger partial charge is 0.343 e. The molecule has 0 aromatic heterocycles. The van der Waals surface area contributed by atoms with Gasteiger partial charge in [-0.2, -0.15) is 5.10 Å². The lowest BCUT2D eigenvalue weighted by Crippen LogP contribution is -2.17. The largest absolute Gasteiger partial charge is 0.494 e. The van der Waals surface area contributed by atoms with E-state index >= 15 is 0 Å². The predicted molar refractivity (Wildman–Crippen MR) is 146 cm³/mol. The van der Waals surface area contributed by atoms with Crippen LogP contribution in [0.2, 0.25) is 5.02 Å². The monoisotopic (exact) mass is 528 g/mol. The Bertz CT molecular complexity index is 1390. The van der Waals surface area contributed by atoms with Crippen molar-refractivity contribution in [2.45, 2.75) is 13.5 Å². The van der Waals surface area contributed by atoms with Gasteiger partial charge in [0.1, 0.15) is 23.9 Å². The third-order valence-corrected chi connectivity index (χ3v) is 5.56. The van der Waals surface area contributed by atoms with Crippen molar-refractivity contribution in [2.75, 3.05) is 6.61 Å². The number of esters is 1. The van der Waals surface area contributed by atoms with E-state index in [1.54, 1.807) is 72.8 Å². The Morgan fingerprint density at radius 2 is 1.34 bits per heavy atom. The van der Waals surface area contributed by atoms with Crippen LogP contribution >= 0.6 is 11.6 Å². The molecule has 1 N–H and O–H groups in total. The number of hydrogen-bond acceptors (Lipinski definition) is 6. The number of nitrogens with one attached hydrogen (secondary N) is 1. The summed E-state index contributed by atoms with van der Waals surface area (Å²) in [5.74, 6) is 0.900. The molecule has 0 saturated heterocycles. The summed E-state index contributed by atoms with van der Waals surface area (Å²) in [7, 11) is 0. The van der Waals surface area contributed by atoms with Crippen molar-refractivity contribution < 1.29 is 23.8 Å². The lowest BCUT2D eigenvalue weighted by atomic mass is 10.2. The van der Waals surface area contributed by atoms with Crippen LogP contribution in [0.3, 0.4) is 0 Å². The number of hydrazone groups is 1. The minimum Gasteiger partial charge on any atom is -0.494 e. The highest BCUT2D eigenvalue weighted by atomic mass is 35.5. The molecular formula is C30H25ClN2O5. The van der Waals surface area contributed by atoms with Gasteiger partial charge in [-0.1, -0.05) is 23.7 Å². The van der Waals surface area contributed by atoms with Gasteiger partial charge < -0.3 is 14.2 Å². The Kier molecular flexibility index (Phi) is 9.10. The SMILES string of the molecule is CCOc1ccc(C(=O)Oc2ccc(/C=N\NC(=O)c3ccc(OCc4ccc(Cl)cc4)cc3)cc2)cc1. The van der Waals surface area contributed by atoms with E-state index in [0.717, 1.165) is 11.1 Å². The molecule has 0 aliphatic rings. The van der Waals surface area contributed by atoms with Gasteiger partial charge in [0, 0.05) is 10.6 Å². The van der Waals surface area contributed by atoms with Crippen molar-refractivity contribution >= 4 is 29.7 Å². The number of halogens is 1. The molecule has 0 aliphatic carbocycles. The summed E-state index contributed by atoms with van der Waals surface area (Å²) < 4.78 is 16.5. The van der Waals surface area contributed by atoms with E-state index in [1.807, 2.05) is 31.2 Å². The first kappa shape index (κ1) is 26.4. The zero-order valence-corrected chi connectivity index (χ0v) is 21.4. The van der Waals surface area contributed by atoms with Gasteiger partial charge in [-0.05, 0) is 103 Å². The summed E-state index contributed by atoms with van der Waals surface area (Å²) in [5, 5.41) is 4.67. The summed E-state index contributed by atoms with van der Waals surface area (Å²) in [5.41, 5.74) is 5.06. The van der Waals surface area contributed by atoms with Crippen LogP contribution in [0.4, 0.5) is 0 Å². The molecule has 4 aromatic rings. The first-order chi connectivity index (χ1) is 18.5. The molecule has 4 aromatic carbocycles. The van der Waals surface area contributed by atoms with Crippen LogP contribution in [0.15, 0.2) is 102 Å². The second-order valence-electron chi connectivity index (χ2n) is 8.05. The van der Waals surface area contributed by atoms with Gasteiger partial charge in [0.15, 0.2) is 0 Å². The molecule has 8 heteroatoms. The maximum Gasteiger partial charge on any atom is 0.343 e. The lowest BCUT2D eigenvalue weighted by Gasteiger charge is -2.07. The number of nitrogens with zero attached hydrogens (tertiary/aromatic N) is 1. The van der Waals surface area contributed by atoms with Crippen LogP contribution in [0, 0.1) is 0 Å². The molecule has 1 amide bonds. The topological polar surface area (TPSA) is 86.2 Å². The van der Waals surface area contributed by atoms with Crippen molar-refractivity contribution in [2.24, 2.45) is 5.10 Å². The second-order valence-corrected chi connectivity index (χ2v) is 8.49. The molecule has 192 valence electrons. The number of amides is 1. The summed E-state index contributed by atoms with van der Waals surface area (Å²) >= 11 is 5.89. The fourth-order valence-corrected chi connectivity index (χ4v) is 3.45. The highest BCUT2D eigenvalue weighted by molar-refractivity contribution is 6.30. The van der Waals surface area contributed by atoms with E-state index in [-0.39, 0.29) is 5.91 Å². The summed E-state index contributed by atoms with van der Waals surface area (Å²) in [6, 6.07) is 27.7. The van der Waals surface area contributed by atoms with E-state index in [0.29, 0.717) is 46.6 Å². The Hall–Kier alpha value is -4.62. The number of rotatable bonds is 10. The van der Waals surface area contributed by atoms with E-state index in [1.165, 1.54) is 6.21 Å². The molecule has 0 spiro atoms. The Balaban J connectivity index is 1.24. The standard InChI is InChI=1S/C30H25ClN2O5/c1-2-36-26-17-9-24(10-18-26)30(35)38-28-13-5-21(6-14-28)19-32-33-29(34)23-7-15-27(16-8-23)37-20-22-3-11-25(31)12-4-22/h3-19H,2,20H2,1H3,(H,33,34)/b32-19-. The molecule has 0 aliphatic heterocycles. The number of carbonyl (C=O) groups excluding carboxylic acids is 2. The summed E-state index contributed by atoms with van der Waals surface area (Å²) in [6.45, 7) is 2.84. The fourth-order valence-electron chi connectivity index (χ4n) is 3.32. The van der Waals surface area contributed by atoms with Crippen LogP contribution in [0.5, 0.6) is 17.2 Å². The second kappa shape index (κ2) is 13.1. The van der Waals surface area contributed by atoms with Gasteiger partial charge in [-0.15, -0.1) is 0 Å². The van der Waals surface area contributed by atoms with Crippen molar-refractivity contribution in [1.82, 2.24) is 5.43 Å². The Labute approximate surface area is 225 Å². The van der Waals surface area contributed by atoms with Gasteiger partial charge in [0.2, 0.25) is 0 Å². The minimum atomic E-state index is -0.469. The first-order valence-electron chi connectivity index (χ1n) is 11.9. The van der Waals surface area contributed by atoms with Crippen molar-refractivity contribution in [3.8, 4) is 17.2 Å². The average molecular weight is 529 g/mol. The van der Waals surface area contributed by atoms with Crippen molar-refractivity contribution in [3.05, 3.63) is 124 Å². The van der Waals surface area contributed by atoms with Crippen LogP contribution in [0.1, 0.15) is 38.8 Å². The van der Waals surface area contributed by atoms with Gasteiger partial charge in [-0.25, -0.2) is 10.2 Å². The van der Waals surface area contributed by atoms with Gasteiger partial charge >= 0.3 is 5.97 Å². The molecule has 0 bridgehead atoms. The first-order valence-corrected chi connectivity index (χ1v) is 12.2. The molecule has 0 atom stereocenters. The molecule has 7 nitrogen and oxygen atoms in total. The third-order valence-electron chi connectivity index (χ3n) is 5.31.